The molecule has 0 fully saturated rings. The molecule has 3 N–H and O–H groups in total. The molecule has 0 spiro atoms. The Morgan fingerprint density at radius 2 is 1.70 bits per heavy atom. The molecule has 1 aromatic carbocycles. The summed E-state index contributed by atoms with van der Waals surface area (Å²) in [4.78, 5) is 35.4. The van der Waals surface area contributed by atoms with Crippen molar-refractivity contribution in [2.24, 2.45) is 0 Å². The third kappa shape index (κ3) is 5.15. The number of nitrogens with one attached hydrogen (secondary N) is 3. The number of rotatable bonds is 4. The van der Waals surface area contributed by atoms with Crippen molar-refractivity contribution in [1.29, 1.82) is 0 Å². The van der Waals surface area contributed by atoms with Crippen LogP contribution >= 0.6 is 27.3 Å². The number of benzene rings is 1. The van der Waals surface area contributed by atoms with E-state index in [1.165, 1.54) is 23.5 Å². The zero-order chi connectivity index (χ0) is 16.8. The lowest BCUT2D eigenvalue weighted by molar-refractivity contribution is -0.120. The van der Waals surface area contributed by atoms with E-state index in [-0.39, 0.29) is 12.1 Å². The highest BCUT2D eigenvalue weighted by molar-refractivity contribution is 9.11. The van der Waals surface area contributed by atoms with E-state index in [4.69, 9.17) is 0 Å². The van der Waals surface area contributed by atoms with Crippen LogP contribution in [0.3, 0.4) is 0 Å². The molecule has 0 saturated carbocycles. The van der Waals surface area contributed by atoms with Crippen LogP contribution in [0.1, 0.15) is 20.0 Å². The van der Waals surface area contributed by atoms with Crippen molar-refractivity contribution in [2.45, 2.75) is 0 Å². The van der Waals surface area contributed by atoms with Gasteiger partial charge in [-0.3, -0.25) is 25.2 Å². The summed E-state index contributed by atoms with van der Waals surface area (Å²) in [5, 5.41) is 2.36. The number of amides is 3. The van der Waals surface area contributed by atoms with Gasteiger partial charge in [0, 0.05) is 5.56 Å². The van der Waals surface area contributed by atoms with Gasteiger partial charge in [-0.25, -0.2) is 4.39 Å². The van der Waals surface area contributed by atoms with E-state index in [1.807, 2.05) is 0 Å². The molecular formula is C14H11BrFN3O3S. The second-order valence-electron chi connectivity index (χ2n) is 4.30. The van der Waals surface area contributed by atoms with Crippen LogP contribution < -0.4 is 16.2 Å². The van der Waals surface area contributed by atoms with Gasteiger partial charge in [0.25, 0.3) is 17.7 Å². The molecule has 9 heteroatoms. The van der Waals surface area contributed by atoms with E-state index in [0.717, 1.165) is 15.9 Å². The molecule has 2 aromatic rings. The van der Waals surface area contributed by atoms with Crippen molar-refractivity contribution in [3.05, 3.63) is 56.4 Å². The highest BCUT2D eigenvalue weighted by Crippen LogP contribution is 2.21. The first-order valence-corrected chi connectivity index (χ1v) is 7.95. The van der Waals surface area contributed by atoms with Crippen molar-refractivity contribution >= 4 is 45.0 Å². The zero-order valence-electron chi connectivity index (χ0n) is 11.6. The van der Waals surface area contributed by atoms with Crippen LogP contribution in [0.2, 0.25) is 0 Å². The van der Waals surface area contributed by atoms with Crippen molar-refractivity contribution in [3.63, 3.8) is 0 Å². The van der Waals surface area contributed by atoms with E-state index in [9.17, 15) is 18.8 Å². The summed E-state index contributed by atoms with van der Waals surface area (Å²) < 4.78 is 13.5. The Kier molecular flexibility index (Phi) is 5.83. The third-order valence-electron chi connectivity index (χ3n) is 2.63. The van der Waals surface area contributed by atoms with Crippen LogP contribution in [0, 0.1) is 5.82 Å². The van der Waals surface area contributed by atoms with Gasteiger partial charge in [-0.1, -0.05) is 0 Å². The zero-order valence-corrected chi connectivity index (χ0v) is 14.0. The molecule has 0 radical (unpaired) electrons. The monoisotopic (exact) mass is 399 g/mol. The Morgan fingerprint density at radius 3 is 2.30 bits per heavy atom. The van der Waals surface area contributed by atoms with Crippen molar-refractivity contribution < 1.29 is 18.8 Å². The average molecular weight is 400 g/mol. The SMILES string of the molecule is O=C(CNC(=O)c1ccc(F)cc1)NNC(=O)c1ccc(Br)s1. The van der Waals surface area contributed by atoms with E-state index in [1.54, 1.807) is 12.1 Å². The molecule has 0 atom stereocenters. The maximum Gasteiger partial charge on any atom is 0.279 e. The number of carbonyl (C=O) groups excluding carboxylic acids is 3. The molecule has 0 aliphatic heterocycles. The largest absolute Gasteiger partial charge is 0.343 e. The Labute approximate surface area is 143 Å². The molecule has 0 aliphatic carbocycles. The lowest BCUT2D eigenvalue weighted by Gasteiger charge is -2.07. The number of hydrogen-bond donors (Lipinski definition) is 3. The molecule has 0 bridgehead atoms. The maximum atomic E-state index is 12.7. The molecule has 0 unspecified atom stereocenters. The molecule has 23 heavy (non-hydrogen) atoms. The minimum absolute atomic E-state index is 0.228. The van der Waals surface area contributed by atoms with Gasteiger partial charge < -0.3 is 5.32 Å². The number of halogens is 2. The summed E-state index contributed by atoms with van der Waals surface area (Å²) in [6, 6.07) is 8.22. The quantitative estimate of drug-likeness (QED) is 0.685. The summed E-state index contributed by atoms with van der Waals surface area (Å²) in [6.07, 6.45) is 0. The fourth-order valence-electron chi connectivity index (χ4n) is 1.53. The fourth-order valence-corrected chi connectivity index (χ4v) is 2.81. The normalized spacial score (nSPS) is 10.0. The summed E-state index contributed by atoms with van der Waals surface area (Å²) in [6.45, 7) is -0.329. The first-order chi connectivity index (χ1) is 11.0. The minimum atomic E-state index is -0.593. The molecule has 2 rings (SSSR count). The standard InChI is InChI=1S/C14H11BrFN3O3S/c15-11-6-5-10(23-11)14(22)19-18-12(20)7-17-13(21)8-1-3-9(16)4-2-8/h1-6H,7H2,(H,17,21)(H,18,20)(H,19,22). The fraction of sp³-hybridized carbons (Fsp3) is 0.0714. The van der Waals surface area contributed by atoms with E-state index < -0.39 is 23.5 Å². The molecule has 1 aromatic heterocycles. The topological polar surface area (TPSA) is 87.3 Å². The van der Waals surface area contributed by atoms with Gasteiger partial charge in [0.15, 0.2) is 0 Å². The van der Waals surface area contributed by atoms with Crippen LogP contribution in [0.15, 0.2) is 40.2 Å². The lowest BCUT2D eigenvalue weighted by Crippen LogP contribution is -2.46. The summed E-state index contributed by atoms with van der Waals surface area (Å²) in [7, 11) is 0. The smallest absolute Gasteiger partial charge is 0.279 e. The van der Waals surface area contributed by atoms with Crippen LogP contribution in [-0.4, -0.2) is 24.3 Å². The van der Waals surface area contributed by atoms with Gasteiger partial charge in [0.2, 0.25) is 0 Å². The van der Waals surface area contributed by atoms with Gasteiger partial charge in [0.05, 0.1) is 15.2 Å². The van der Waals surface area contributed by atoms with Gasteiger partial charge >= 0.3 is 0 Å². The molecule has 1 heterocycles. The average Bonchev–Trinajstić information content (AvgIpc) is 2.97. The van der Waals surface area contributed by atoms with Gasteiger partial charge in [-0.2, -0.15) is 0 Å². The van der Waals surface area contributed by atoms with Crippen molar-refractivity contribution in [1.82, 2.24) is 16.2 Å². The Balaban J connectivity index is 1.75. The number of hydrazine groups is 1. The number of hydrogen-bond acceptors (Lipinski definition) is 4. The molecule has 3 amide bonds. The van der Waals surface area contributed by atoms with Gasteiger partial charge in [0.1, 0.15) is 5.82 Å². The van der Waals surface area contributed by atoms with Gasteiger partial charge in [-0.05, 0) is 52.3 Å². The molecule has 0 saturated heterocycles. The molecule has 6 nitrogen and oxygen atoms in total. The summed E-state index contributed by atoms with van der Waals surface area (Å²) in [5.41, 5.74) is 4.65. The van der Waals surface area contributed by atoms with E-state index >= 15 is 0 Å². The first kappa shape index (κ1) is 17.1. The predicted molar refractivity (Wildman–Crippen MR) is 86.4 cm³/mol. The second kappa shape index (κ2) is 7.84. The number of thiophene rings is 1. The first-order valence-electron chi connectivity index (χ1n) is 6.34. The Bertz CT molecular complexity index is 733. The highest BCUT2D eigenvalue weighted by atomic mass is 79.9. The predicted octanol–water partition coefficient (Wildman–Crippen LogP) is 1.84. The molecule has 120 valence electrons. The third-order valence-corrected chi connectivity index (χ3v) is 4.25. The lowest BCUT2D eigenvalue weighted by atomic mass is 10.2. The van der Waals surface area contributed by atoms with Crippen LogP contribution in [0.5, 0.6) is 0 Å². The number of carbonyl (C=O) groups is 3. The second-order valence-corrected chi connectivity index (χ2v) is 6.76. The Hall–Kier alpha value is -2.26. The van der Waals surface area contributed by atoms with E-state index in [0.29, 0.717) is 4.88 Å². The summed E-state index contributed by atoms with van der Waals surface area (Å²) >= 11 is 4.45. The van der Waals surface area contributed by atoms with E-state index in [2.05, 4.69) is 32.1 Å². The maximum absolute atomic E-state index is 12.7. The van der Waals surface area contributed by atoms with Crippen LogP contribution in [0.4, 0.5) is 4.39 Å². The summed E-state index contributed by atoms with van der Waals surface area (Å²) in [5.74, 6) is -2.03. The van der Waals surface area contributed by atoms with Crippen molar-refractivity contribution in [3.8, 4) is 0 Å². The highest BCUT2D eigenvalue weighted by Gasteiger charge is 2.11. The van der Waals surface area contributed by atoms with Gasteiger partial charge in [-0.15, -0.1) is 11.3 Å². The van der Waals surface area contributed by atoms with Crippen LogP contribution in [-0.2, 0) is 4.79 Å². The molecular weight excluding hydrogens is 389 g/mol. The Morgan fingerprint density at radius 1 is 1.00 bits per heavy atom. The van der Waals surface area contributed by atoms with Crippen molar-refractivity contribution in [2.75, 3.05) is 6.54 Å². The minimum Gasteiger partial charge on any atom is -0.343 e. The molecule has 0 aliphatic rings. The van der Waals surface area contributed by atoms with Crippen LogP contribution in [0.25, 0.3) is 0 Å².